The highest BCUT2D eigenvalue weighted by atomic mass is 16.2. The molecule has 0 aliphatic carbocycles. The topological polar surface area (TPSA) is 29.1 Å². The van der Waals surface area contributed by atoms with Crippen molar-refractivity contribution in [3.63, 3.8) is 0 Å². The van der Waals surface area contributed by atoms with E-state index >= 15 is 0 Å². The zero-order valence-electron chi connectivity index (χ0n) is 5.87. The van der Waals surface area contributed by atoms with Crippen molar-refractivity contribution < 1.29 is 4.79 Å². The number of amides is 1. The van der Waals surface area contributed by atoms with E-state index in [1.165, 1.54) is 0 Å². The highest BCUT2D eigenvalue weighted by molar-refractivity contribution is 6.03. The van der Waals surface area contributed by atoms with Gasteiger partial charge in [-0.05, 0) is 18.6 Å². The van der Waals surface area contributed by atoms with Crippen molar-refractivity contribution in [2.24, 2.45) is 0 Å². The van der Waals surface area contributed by atoms with Crippen LogP contribution in [0.15, 0.2) is 24.3 Å². The standard InChI is InChI=1S/C9H7NO/c1-6-7-4-2-3-5-8(7)10-9(6)11/h1-6H,(H,10,11). The largest absolute Gasteiger partial charge is 0.325 e. The predicted molar refractivity (Wildman–Crippen MR) is 42.1 cm³/mol. The molecule has 1 N–H and O–H groups in total. The second-order valence-corrected chi connectivity index (χ2v) is 2.55. The van der Waals surface area contributed by atoms with Gasteiger partial charge in [0.1, 0.15) is 0 Å². The molecule has 1 atom stereocenters. The van der Waals surface area contributed by atoms with E-state index in [1.807, 2.05) is 24.3 Å². The van der Waals surface area contributed by atoms with Crippen molar-refractivity contribution in [3.05, 3.63) is 36.8 Å². The lowest BCUT2D eigenvalue weighted by molar-refractivity contribution is -0.116. The monoisotopic (exact) mass is 145 g/mol. The minimum Gasteiger partial charge on any atom is -0.325 e. The van der Waals surface area contributed by atoms with Crippen LogP contribution >= 0.6 is 0 Å². The molecule has 2 heteroatoms. The molecule has 1 aliphatic heterocycles. The first-order chi connectivity index (χ1) is 5.29. The molecule has 0 spiro atoms. The van der Waals surface area contributed by atoms with Gasteiger partial charge in [0.05, 0.1) is 5.92 Å². The Hall–Kier alpha value is -1.31. The number of nitrogens with one attached hydrogen (secondary N) is 1. The minimum absolute atomic E-state index is 0.119. The Morgan fingerprint density at radius 2 is 2.09 bits per heavy atom. The van der Waals surface area contributed by atoms with Gasteiger partial charge in [0.15, 0.2) is 0 Å². The van der Waals surface area contributed by atoms with Gasteiger partial charge >= 0.3 is 0 Å². The summed E-state index contributed by atoms with van der Waals surface area (Å²) < 4.78 is 0. The summed E-state index contributed by atoms with van der Waals surface area (Å²) in [6.07, 6.45) is 0. The van der Waals surface area contributed by atoms with Crippen LogP contribution in [0.5, 0.6) is 0 Å². The normalized spacial score (nSPS) is 21.2. The molecule has 1 amide bonds. The number of rotatable bonds is 0. The third-order valence-electron chi connectivity index (χ3n) is 1.84. The van der Waals surface area contributed by atoms with Crippen molar-refractivity contribution in [2.75, 3.05) is 5.32 Å². The van der Waals surface area contributed by atoms with E-state index < -0.39 is 5.92 Å². The second-order valence-electron chi connectivity index (χ2n) is 2.55. The zero-order valence-corrected chi connectivity index (χ0v) is 5.87. The summed E-state index contributed by atoms with van der Waals surface area (Å²) in [4.78, 5) is 11.0. The fraction of sp³-hybridized carbons (Fsp3) is 0.111. The fourth-order valence-electron chi connectivity index (χ4n) is 1.23. The lowest BCUT2D eigenvalue weighted by Crippen LogP contribution is -2.08. The van der Waals surface area contributed by atoms with Crippen LogP contribution in [0.3, 0.4) is 0 Å². The third kappa shape index (κ3) is 0.827. The quantitative estimate of drug-likeness (QED) is 0.588. The Labute approximate surface area is 65.2 Å². The summed E-state index contributed by atoms with van der Waals surface area (Å²) in [6, 6.07) is 7.45. The van der Waals surface area contributed by atoms with Crippen molar-refractivity contribution in [2.45, 2.75) is 5.92 Å². The van der Waals surface area contributed by atoms with Gasteiger partial charge in [0.25, 0.3) is 0 Å². The number of hydrogen-bond donors (Lipinski definition) is 1. The van der Waals surface area contributed by atoms with E-state index in [1.54, 1.807) is 0 Å². The molecule has 0 aromatic heterocycles. The summed E-state index contributed by atoms with van der Waals surface area (Å²) in [7, 11) is 0. The summed E-state index contributed by atoms with van der Waals surface area (Å²) in [5, 5.41) is 2.68. The predicted octanol–water partition coefficient (Wildman–Crippen LogP) is 1.43. The molecule has 2 rings (SSSR count). The molecule has 1 aromatic carbocycles. The molecule has 11 heavy (non-hydrogen) atoms. The molecular formula is C9H7NO. The first kappa shape index (κ1) is 6.40. The molecule has 2 radical (unpaired) electrons. The van der Waals surface area contributed by atoms with Crippen molar-refractivity contribution in [1.82, 2.24) is 0 Å². The molecule has 1 unspecified atom stereocenters. The van der Waals surface area contributed by atoms with Gasteiger partial charge < -0.3 is 5.32 Å². The smallest absolute Gasteiger partial charge is 0.232 e. The number of fused-ring (bicyclic) bond motifs is 1. The molecule has 2 nitrogen and oxygen atoms in total. The van der Waals surface area contributed by atoms with E-state index in [0.29, 0.717) is 0 Å². The van der Waals surface area contributed by atoms with Crippen LogP contribution in [0, 0.1) is 6.92 Å². The number of hydrogen-bond acceptors (Lipinski definition) is 1. The van der Waals surface area contributed by atoms with E-state index in [-0.39, 0.29) is 5.91 Å². The average molecular weight is 145 g/mol. The molecule has 1 aliphatic rings. The first-order valence-electron chi connectivity index (χ1n) is 3.44. The number of para-hydroxylation sites is 1. The van der Waals surface area contributed by atoms with Gasteiger partial charge in [0.2, 0.25) is 5.91 Å². The van der Waals surface area contributed by atoms with Gasteiger partial charge in [0, 0.05) is 5.69 Å². The third-order valence-corrected chi connectivity index (χ3v) is 1.84. The van der Waals surface area contributed by atoms with Crippen molar-refractivity contribution >= 4 is 11.6 Å². The summed E-state index contributed by atoms with van der Waals surface area (Å²) in [5.41, 5.74) is 1.72. The van der Waals surface area contributed by atoms with Crippen molar-refractivity contribution in [3.8, 4) is 0 Å². The van der Waals surface area contributed by atoms with E-state index in [2.05, 4.69) is 5.32 Å². The molecule has 0 saturated carbocycles. The Balaban J connectivity index is 2.55. The van der Waals surface area contributed by atoms with Crippen LogP contribution in [0.25, 0.3) is 0 Å². The summed E-state index contributed by atoms with van der Waals surface area (Å²) in [6.45, 7) is 5.58. The number of carbonyl (C=O) groups excluding carboxylic acids is 1. The van der Waals surface area contributed by atoms with Crippen LogP contribution in [0.4, 0.5) is 5.69 Å². The summed E-state index contributed by atoms with van der Waals surface area (Å²) in [5.74, 6) is -0.600. The lowest BCUT2D eigenvalue weighted by atomic mass is 10.0. The van der Waals surface area contributed by atoms with Crippen LogP contribution in [-0.4, -0.2) is 5.91 Å². The Morgan fingerprint density at radius 3 is 2.82 bits per heavy atom. The molecular weight excluding hydrogens is 138 g/mol. The average Bonchev–Trinajstić information content (AvgIpc) is 2.30. The van der Waals surface area contributed by atoms with Gasteiger partial charge in [-0.2, -0.15) is 0 Å². The van der Waals surface area contributed by atoms with Crippen LogP contribution in [0.2, 0.25) is 0 Å². The fourth-order valence-corrected chi connectivity index (χ4v) is 1.23. The zero-order chi connectivity index (χ0) is 7.84. The Bertz CT molecular complexity index is 306. The number of carbonyl (C=O) groups is 1. The van der Waals surface area contributed by atoms with Crippen LogP contribution in [0.1, 0.15) is 11.5 Å². The van der Waals surface area contributed by atoms with E-state index in [0.717, 1.165) is 11.3 Å². The highest BCUT2D eigenvalue weighted by Gasteiger charge is 2.25. The molecule has 0 saturated heterocycles. The van der Waals surface area contributed by atoms with E-state index in [4.69, 9.17) is 6.92 Å². The molecule has 0 fully saturated rings. The van der Waals surface area contributed by atoms with Gasteiger partial charge in [-0.25, -0.2) is 0 Å². The van der Waals surface area contributed by atoms with Crippen LogP contribution in [-0.2, 0) is 4.79 Å². The van der Waals surface area contributed by atoms with Gasteiger partial charge in [-0.15, -0.1) is 0 Å². The molecule has 1 heterocycles. The van der Waals surface area contributed by atoms with Gasteiger partial charge in [-0.1, -0.05) is 18.2 Å². The van der Waals surface area contributed by atoms with Gasteiger partial charge in [-0.3, -0.25) is 4.79 Å². The first-order valence-corrected chi connectivity index (χ1v) is 3.44. The molecule has 0 bridgehead atoms. The van der Waals surface area contributed by atoms with Crippen molar-refractivity contribution in [1.29, 1.82) is 0 Å². The number of anilines is 1. The van der Waals surface area contributed by atoms with Crippen LogP contribution < -0.4 is 5.32 Å². The highest BCUT2D eigenvalue weighted by Crippen LogP contribution is 2.30. The maximum absolute atomic E-state index is 11.0. The molecule has 54 valence electrons. The second kappa shape index (κ2) is 2.09. The number of benzene rings is 1. The lowest BCUT2D eigenvalue weighted by Gasteiger charge is -1.96. The maximum atomic E-state index is 11.0. The Morgan fingerprint density at radius 1 is 1.36 bits per heavy atom. The summed E-state index contributed by atoms with van der Waals surface area (Å²) >= 11 is 0. The van der Waals surface area contributed by atoms with E-state index in [9.17, 15) is 4.79 Å². The minimum atomic E-state index is -0.480. The Kier molecular flexibility index (Phi) is 1.22. The maximum Gasteiger partial charge on any atom is 0.232 e. The SMILES string of the molecule is [CH]C1C(=O)Nc2ccccc21. The molecule has 1 aromatic rings.